The van der Waals surface area contributed by atoms with Gasteiger partial charge >= 0.3 is 5.97 Å². The molecule has 1 aromatic carbocycles. The Bertz CT molecular complexity index is 646. The molecule has 5 heteroatoms. The Morgan fingerprint density at radius 1 is 1.28 bits per heavy atom. The van der Waals surface area contributed by atoms with Crippen molar-refractivity contribution in [1.29, 1.82) is 0 Å². The smallest absolute Gasteiger partial charge is 0.307 e. The van der Waals surface area contributed by atoms with Crippen molar-refractivity contribution in [3.63, 3.8) is 0 Å². The normalized spacial score (nSPS) is 20.0. The van der Waals surface area contributed by atoms with Crippen LogP contribution in [0.15, 0.2) is 18.2 Å². The number of ether oxygens (including phenoxy) is 1. The molecule has 2 heterocycles. The summed E-state index contributed by atoms with van der Waals surface area (Å²) in [6.07, 6.45) is 2.43. The van der Waals surface area contributed by atoms with E-state index in [-0.39, 0.29) is 17.2 Å². The monoisotopic (exact) mass is 348 g/mol. The minimum Gasteiger partial charge on any atom is -0.460 e. The van der Waals surface area contributed by atoms with Crippen LogP contribution in [0.25, 0.3) is 0 Å². The molecule has 0 bridgehead atoms. The third kappa shape index (κ3) is 3.97. The highest BCUT2D eigenvalue weighted by molar-refractivity contribution is 5.70. The van der Waals surface area contributed by atoms with Gasteiger partial charge in [-0.05, 0) is 70.5 Å². The average molecular weight is 348 g/mol. The molecule has 1 spiro atoms. The number of hydrogen-bond donors (Lipinski definition) is 0. The van der Waals surface area contributed by atoms with Crippen LogP contribution in [0.1, 0.15) is 45.6 Å². The van der Waals surface area contributed by atoms with Crippen LogP contribution in [0.2, 0.25) is 0 Å². The maximum Gasteiger partial charge on any atom is 0.307 e. The van der Waals surface area contributed by atoms with Crippen LogP contribution in [0, 0.1) is 5.82 Å². The van der Waals surface area contributed by atoms with E-state index in [2.05, 4.69) is 16.8 Å². The lowest BCUT2D eigenvalue weighted by molar-refractivity contribution is -0.155. The summed E-state index contributed by atoms with van der Waals surface area (Å²) in [5.74, 6) is -0.290. The van der Waals surface area contributed by atoms with Gasteiger partial charge in [0.05, 0.1) is 6.42 Å². The number of carbonyl (C=O) groups excluding carboxylic acids is 1. The lowest BCUT2D eigenvalue weighted by Gasteiger charge is -2.39. The highest BCUT2D eigenvalue weighted by Gasteiger charge is 2.43. The minimum absolute atomic E-state index is 0.0502. The summed E-state index contributed by atoms with van der Waals surface area (Å²) < 4.78 is 19.2. The molecule has 25 heavy (non-hydrogen) atoms. The molecule has 3 rings (SSSR count). The van der Waals surface area contributed by atoms with Crippen molar-refractivity contribution in [3.8, 4) is 0 Å². The van der Waals surface area contributed by atoms with E-state index >= 15 is 0 Å². The van der Waals surface area contributed by atoms with E-state index in [1.165, 1.54) is 0 Å². The summed E-state index contributed by atoms with van der Waals surface area (Å²) in [6.45, 7) is 9.23. The second-order valence-electron chi connectivity index (χ2n) is 8.48. The fourth-order valence-electron chi connectivity index (χ4n) is 4.16. The van der Waals surface area contributed by atoms with Gasteiger partial charge in [0.2, 0.25) is 0 Å². The number of hydrogen-bond acceptors (Lipinski definition) is 4. The molecular weight excluding hydrogens is 319 g/mol. The maximum absolute atomic E-state index is 13.8. The van der Waals surface area contributed by atoms with E-state index in [9.17, 15) is 9.18 Å². The Morgan fingerprint density at radius 3 is 2.60 bits per heavy atom. The Balaban J connectivity index is 1.58. The van der Waals surface area contributed by atoms with Crippen LogP contribution in [0.3, 0.4) is 0 Å². The topological polar surface area (TPSA) is 32.8 Å². The van der Waals surface area contributed by atoms with Gasteiger partial charge in [-0.1, -0.05) is 0 Å². The predicted molar refractivity (Wildman–Crippen MR) is 97.5 cm³/mol. The summed E-state index contributed by atoms with van der Waals surface area (Å²) >= 11 is 0. The minimum atomic E-state index is -0.425. The zero-order valence-corrected chi connectivity index (χ0v) is 15.8. The first-order chi connectivity index (χ1) is 11.7. The number of anilines is 1. The number of nitrogens with zero attached hydrogens (tertiary/aromatic N) is 2. The Morgan fingerprint density at radius 2 is 1.96 bits per heavy atom. The van der Waals surface area contributed by atoms with Gasteiger partial charge in [0.15, 0.2) is 0 Å². The highest BCUT2D eigenvalue weighted by Crippen LogP contribution is 2.46. The Labute approximate surface area is 149 Å². The van der Waals surface area contributed by atoms with Crippen molar-refractivity contribution >= 4 is 11.7 Å². The first-order valence-electron chi connectivity index (χ1n) is 9.14. The van der Waals surface area contributed by atoms with Crippen LogP contribution < -0.4 is 4.90 Å². The van der Waals surface area contributed by atoms with Crippen LogP contribution >= 0.6 is 0 Å². The molecule has 2 aliphatic rings. The zero-order valence-electron chi connectivity index (χ0n) is 15.8. The molecule has 0 radical (unpaired) electrons. The molecule has 0 saturated carbocycles. The number of rotatable bonds is 3. The summed E-state index contributed by atoms with van der Waals surface area (Å²) in [5, 5.41) is 0. The summed E-state index contributed by atoms with van der Waals surface area (Å²) in [6, 6.07) is 5.16. The highest BCUT2D eigenvalue weighted by atomic mass is 19.1. The van der Waals surface area contributed by atoms with E-state index in [0.717, 1.165) is 50.3 Å². The molecule has 1 saturated heterocycles. The third-order valence-electron chi connectivity index (χ3n) is 5.35. The standard InChI is InChI=1S/C20H29FN2O2/c1-19(2,3)25-18(24)7-10-23-11-8-20(9-12-23)14-22(4)17-6-5-15(21)13-16(17)20/h5-6,13H,7-12,14H2,1-4H3. The van der Waals surface area contributed by atoms with Gasteiger partial charge in [-0.3, -0.25) is 4.79 Å². The molecular formula is C20H29FN2O2. The number of esters is 1. The largest absolute Gasteiger partial charge is 0.460 e. The van der Waals surface area contributed by atoms with E-state index < -0.39 is 5.60 Å². The average Bonchev–Trinajstić information content (AvgIpc) is 2.77. The molecule has 138 valence electrons. The van der Waals surface area contributed by atoms with Crippen LogP contribution in [-0.4, -0.2) is 49.7 Å². The second kappa shape index (κ2) is 6.60. The Hall–Kier alpha value is -1.62. The number of likely N-dealkylation sites (N-methyl/N-ethyl adjacent to an activating group) is 1. The molecule has 0 aromatic heterocycles. The van der Waals surface area contributed by atoms with Crippen molar-refractivity contribution in [2.24, 2.45) is 0 Å². The van der Waals surface area contributed by atoms with E-state index in [4.69, 9.17) is 4.74 Å². The zero-order chi connectivity index (χ0) is 18.2. The summed E-state index contributed by atoms with van der Waals surface area (Å²) in [5.41, 5.74) is 1.94. The third-order valence-corrected chi connectivity index (χ3v) is 5.35. The second-order valence-corrected chi connectivity index (χ2v) is 8.48. The predicted octanol–water partition coefficient (Wildman–Crippen LogP) is 3.34. The van der Waals surface area contributed by atoms with Gasteiger partial charge in [0.1, 0.15) is 11.4 Å². The van der Waals surface area contributed by atoms with Crippen LogP contribution in [0.4, 0.5) is 10.1 Å². The Kier molecular flexibility index (Phi) is 4.80. The van der Waals surface area contributed by atoms with Gasteiger partial charge in [0, 0.05) is 31.2 Å². The molecule has 0 N–H and O–H groups in total. The van der Waals surface area contributed by atoms with Gasteiger partial charge in [-0.15, -0.1) is 0 Å². The van der Waals surface area contributed by atoms with Crippen molar-refractivity contribution < 1.29 is 13.9 Å². The lowest BCUT2D eigenvalue weighted by atomic mass is 9.74. The SMILES string of the molecule is CN1CC2(CCN(CCC(=O)OC(C)(C)C)CC2)c2cc(F)ccc21. The molecule has 1 fully saturated rings. The number of carbonyl (C=O) groups is 1. The van der Waals surface area contributed by atoms with Gasteiger partial charge < -0.3 is 14.5 Å². The van der Waals surface area contributed by atoms with Crippen molar-refractivity contribution in [3.05, 3.63) is 29.6 Å². The fourth-order valence-corrected chi connectivity index (χ4v) is 4.16. The van der Waals surface area contributed by atoms with E-state index in [0.29, 0.717) is 6.42 Å². The number of fused-ring (bicyclic) bond motifs is 2. The molecule has 1 aromatic rings. The first kappa shape index (κ1) is 18.2. The molecule has 0 atom stereocenters. The van der Waals surface area contributed by atoms with Gasteiger partial charge in [0.25, 0.3) is 0 Å². The number of benzene rings is 1. The lowest BCUT2D eigenvalue weighted by Crippen LogP contribution is -2.45. The summed E-state index contributed by atoms with van der Waals surface area (Å²) in [4.78, 5) is 16.5. The van der Waals surface area contributed by atoms with Crippen LogP contribution in [-0.2, 0) is 14.9 Å². The quantitative estimate of drug-likeness (QED) is 0.785. The van der Waals surface area contributed by atoms with Crippen LogP contribution in [0.5, 0.6) is 0 Å². The molecule has 0 amide bonds. The van der Waals surface area contributed by atoms with Crippen molar-refractivity contribution in [1.82, 2.24) is 4.90 Å². The van der Waals surface area contributed by atoms with Crippen molar-refractivity contribution in [2.75, 3.05) is 38.1 Å². The summed E-state index contributed by atoms with van der Waals surface area (Å²) in [7, 11) is 2.08. The molecule has 0 aliphatic carbocycles. The number of piperidine rings is 1. The van der Waals surface area contributed by atoms with Crippen molar-refractivity contribution in [2.45, 2.75) is 51.0 Å². The van der Waals surface area contributed by atoms with E-state index in [1.54, 1.807) is 12.1 Å². The molecule has 2 aliphatic heterocycles. The fraction of sp³-hybridized carbons (Fsp3) is 0.650. The molecule has 0 unspecified atom stereocenters. The maximum atomic E-state index is 13.8. The van der Waals surface area contributed by atoms with E-state index in [1.807, 2.05) is 26.8 Å². The first-order valence-corrected chi connectivity index (χ1v) is 9.14. The number of likely N-dealkylation sites (tertiary alicyclic amines) is 1. The van der Waals surface area contributed by atoms with Gasteiger partial charge in [-0.2, -0.15) is 0 Å². The van der Waals surface area contributed by atoms with Gasteiger partial charge in [-0.25, -0.2) is 4.39 Å². The number of halogens is 1. The molecule has 4 nitrogen and oxygen atoms in total.